The summed E-state index contributed by atoms with van der Waals surface area (Å²) in [6, 6.07) is 16.4. The second-order valence-electron chi connectivity index (χ2n) is 6.80. The lowest BCUT2D eigenvalue weighted by Gasteiger charge is -2.10. The van der Waals surface area contributed by atoms with Gasteiger partial charge in [-0.1, -0.05) is 42.5 Å². The summed E-state index contributed by atoms with van der Waals surface area (Å²) in [4.78, 5) is 10.5. The molecule has 2 N–H and O–H groups in total. The van der Waals surface area contributed by atoms with Crippen LogP contribution in [0.1, 0.15) is 36.8 Å². The predicted molar refractivity (Wildman–Crippen MR) is 117 cm³/mol. The number of carbonyl (C=O) groups is 1. The van der Waals surface area contributed by atoms with Gasteiger partial charge in [-0.3, -0.25) is 4.79 Å². The lowest BCUT2D eigenvalue weighted by Crippen LogP contribution is -2.17. The summed E-state index contributed by atoms with van der Waals surface area (Å²) in [6.07, 6.45) is 8.48. The van der Waals surface area contributed by atoms with Gasteiger partial charge >= 0.3 is 5.97 Å². The topological polar surface area (TPSA) is 67.8 Å². The maximum atomic E-state index is 10.5. The Bertz CT molecular complexity index is 759. The molecule has 156 valence electrons. The molecule has 5 heteroatoms. The highest BCUT2D eigenvalue weighted by Gasteiger charge is 2.03. The van der Waals surface area contributed by atoms with Gasteiger partial charge in [0, 0.05) is 24.7 Å². The molecule has 0 aliphatic rings. The van der Waals surface area contributed by atoms with Crippen LogP contribution in [0.5, 0.6) is 11.5 Å². The van der Waals surface area contributed by atoms with Gasteiger partial charge in [-0.25, -0.2) is 0 Å². The lowest BCUT2D eigenvalue weighted by atomic mass is 10.1. The van der Waals surface area contributed by atoms with Gasteiger partial charge in [0.1, 0.15) is 11.5 Å². The molecule has 0 saturated heterocycles. The van der Waals surface area contributed by atoms with Gasteiger partial charge in [0.25, 0.3) is 0 Å². The first-order valence-corrected chi connectivity index (χ1v) is 10.1. The fourth-order valence-corrected chi connectivity index (χ4v) is 2.93. The molecule has 2 rings (SSSR count). The quantitative estimate of drug-likeness (QED) is 0.457. The van der Waals surface area contributed by atoms with Gasteiger partial charge in [0.2, 0.25) is 0 Å². The van der Waals surface area contributed by atoms with Crippen molar-refractivity contribution in [2.75, 3.05) is 26.8 Å². The standard InChI is InChI=1S/C24H31NO4/c1-28-23-19-22(14-13-21(23)12-8-16-25-17-15-24(26)27)29-18-7-3-6-11-20-9-4-2-5-10-20/h2,4-5,8-10,12-14,19,25H,3,6-7,11,15-18H2,1H3,(H,26,27). The van der Waals surface area contributed by atoms with E-state index < -0.39 is 5.97 Å². The molecule has 2 aromatic rings. The molecule has 2 aromatic carbocycles. The van der Waals surface area contributed by atoms with Crippen LogP contribution in [0.3, 0.4) is 0 Å². The number of carboxylic acid groups (broad SMARTS) is 1. The van der Waals surface area contributed by atoms with Gasteiger partial charge < -0.3 is 19.9 Å². The third-order valence-corrected chi connectivity index (χ3v) is 4.50. The average Bonchev–Trinajstić information content (AvgIpc) is 2.74. The minimum atomic E-state index is -0.796. The van der Waals surface area contributed by atoms with Crippen molar-refractivity contribution < 1.29 is 19.4 Å². The molecule has 0 aliphatic heterocycles. The Morgan fingerprint density at radius 2 is 1.93 bits per heavy atom. The molecule has 29 heavy (non-hydrogen) atoms. The van der Waals surface area contributed by atoms with E-state index in [1.807, 2.05) is 36.4 Å². The Hall–Kier alpha value is -2.79. The smallest absolute Gasteiger partial charge is 0.304 e. The zero-order chi connectivity index (χ0) is 20.7. The monoisotopic (exact) mass is 397 g/mol. The summed E-state index contributed by atoms with van der Waals surface area (Å²) in [5, 5.41) is 11.7. The summed E-state index contributed by atoms with van der Waals surface area (Å²) in [5.74, 6) is 0.768. The minimum Gasteiger partial charge on any atom is -0.496 e. The maximum Gasteiger partial charge on any atom is 0.304 e. The van der Waals surface area contributed by atoms with Crippen LogP contribution in [0.15, 0.2) is 54.6 Å². The van der Waals surface area contributed by atoms with Crippen LogP contribution in [-0.4, -0.2) is 37.9 Å². The molecule has 0 bridgehead atoms. The molecule has 0 amide bonds. The SMILES string of the molecule is COc1cc(OCCCCCc2ccccc2)ccc1C=CCNCCC(=O)O. The van der Waals surface area contributed by atoms with Crippen LogP contribution in [-0.2, 0) is 11.2 Å². The predicted octanol–water partition coefficient (Wildman–Crippen LogP) is 4.56. The molecule has 0 fully saturated rings. The number of nitrogens with one attached hydrogen (secondary N) is 1. The molecular formula is C24H31NO4. The van der Waals surface area contributed by atoms with E-state index in [4.69, 9.17) is 14.6 Å². The van der Waals surface area contributed by atoms with Crippen LogP contribution >= 0.6 is 0 Å². The van der Waals surface area contributed by atoms with E-state index >= 15 is 0 Å². The Labute approximate surface area is 173 Å². The number of hydrogen-bond acceptors (Lipinski definition) is 4. The van der Waals surface area contributed by atoms with E-state index in [-0.39, 0.29) is 6.42 Å². The Morgan fingerprint density at radius 1 is 1.10 bits per heavy atom. The zero-order valence-electron chi connectivity index (χ0n) is 17.1. The Kier molecular flexibility index (Phi) is 10.4. The van der Waals surface area contributed by atoms with Gasteiger partial charge in [-0.05, 0) is 43.4 Å². The molecule has 0 unspecified atom stereocenters. The van der Waals surface area contributed by atoms with Gasteiger partial charge in [-0.2, -0.15) is 0 Å². The zero-order valence-corrected chi connectivity index (χ0v) is 17.1. The van der Waals surface area contributed by atoms with Crippen LogP contribution in [0.2, 0.25) is 0 Å². The van der Waals surface area contributed by atoms with Crippen LogP contribution in [0, 0.1) is 0 Å². The van der Waals surface area contributed by atoms with E-state index in [2.05, 4.69) is 29.6 Å². The third kappa shape index (κ3) is 9.30. The molecular weight excluding hydrogens is 366 g/mol. The molecule has 0 atom stereocenters. The van der Waals surface area contributed by atoms with E-state index in [0.29, 0.717) is 19.7 Å². The second-order valence-corrected chi connectivity index (χ2v) is 6.80. The van der Waals surface area contributed by atoms with Gasteiger partial charge in [0.05, 0.1) is 20.1 Å². The second kappa shape index (κ2) is 13.4. The molecule has 5 nitrogen and oxygen atoms in total. The van der Waals surface area contributed by atoms with Crippen molar-refractivity contribution >= 4 is 12.0 Å². The number of hydrogen-bond donors (Lipinski definition) is 2. The average molecular weight is 398 g/mol. The maximum absolute atomic E-state index is 10.5. The van der Waals surface area contributed by atoms with Crippen molar-refractivity contribution in [3.8, 4) is 11.5 Å². The highest BCUT2D eigenvalue weighted by Crippen LogP contribution is 2.26. The molecule has 0 aromatic heterocycles. The number of benzene rings is 2. The van der Waals surface area contributed by atoms with Crippen molar-refractivity contribution in [2.24, 2.45) is 0 Å². The van der Waals surface area contributed by atoms with E-state index in [1.54, 1.807) is 7.11 Å². The van der Waals surface area contributed by atoms with E-state index in [1.165, 1.54) is 12.0 Å². The summed E-state index contributed by atoms with van der Waals surface area (Å²) in [6.45, 7) is 1.76. The van der Waals surface area contributed by atoms with Crippen LogP contribution in [0.25, 0.3) is 6.08 Å². The number of rotatable bonds is 14. The highest BCUT2D eigenvalue weighted by molar-refractivity contribution is 5.66. The molecule has 0 radical (unpaired) electrons. The van der Waals surface area contributed by atoms with Crippen molar-refractivity contribution in [3.63, 3.8) is 0 Å². The van der Waals surface area contributed by atoms with E-state index in [9.17, 15) is 4.79 Å². The van der Waals surface area contributed by atoms with Crippen molar-refractivity contribution in [1.29, 1.82) is 0 Å². The Morgan fingerprint density at radius 3 is 2.69 bits per heavy atom. The first kappa shape index (κ1) is 22.5. The fourth-order valence-electron chi connectivity index (χ4n) is 2.93. The Balaban J connectivity index is 1.68. The highest BCUT2D eigenvalue weighted by atomic mass is 16.5. The largest absolute Gasteiger partial charge is 0.496 e. The first-order valence-electron chi connectivity index (χ1n) is 10.1. The van der Waals surface area contributed by atoms with Crippen LogP contribution < -0.4 is 14.8 Å². The lowest BCUT2D eigenvalue weighted by molar-refractivity contribution is -0.136. The molecule has 0 spiro atoms. The van der Waals surface area contributed by atoms with Gasteiger partial charge in [0.15, 0.2) is 0 Å². The number of carboxylic acids is 1. The number of aliphatic carboxylic acids is 1. The van der Waals surface area contributed by atoms with Gasteiger partial charge in [-0.15, -0.1) is 0 Å². The van der Waals surface area contributed by atoms with Crippen molar-refractivity contribution in [3.05, 3.63) is 65.7 Å². The van der Waals surface area contributed by atoms with Crippen molar-refractivity contribution in [2.45, 2.75) is 32.1 Å². The number of aryl methyl sites for hydroxylation is 1. The number of methoxy groups -OCH3 is 1. The first-order chi connectivity index (χ1) is 14.2. The summed E-state index contributed by atoms with van der Waals surface area (Å²) >= 11 is 0. The minimum absolute atomic E-state index is 0.120. The molecule has 0 aliphatic carbocycles. The summed E-state index contributed by atoms with van der Waals surface area (Å²) in [5.41, 5.74) is 2.35. The fraction of sp³-hybridized carbons (Fsp3) is 0.375. The third-order valence-electron chi connectivity index (χ3n) is 4.50. The number of unbranched alkanes of at least 4 members (excludes halogenated alkanes) is 2. The molecule has 0 saturated carbocycles. The summed E-state index contributed by atoms with van der Waals surface area (Å²) < 4.78 is 11.3. The summed E-state index contributed by atoms with van der Waals surface area (Å²) in [7, 11) is 1.64. The van der Waals surface area contributed by atoms with Crippen molar-refractivity contribution in [1.82, 2.24) is 5.32 Å². The molecule has 0 heterocycles. The van der Waals surface area contributed by atoms with Crippen LogP contribution in [0.4, 0.5) is 0 Å². The number of ether oxygens (including phenoxy) is 2. The normalized spacial score (nSPS) is 10.9. The van der Waals surface area contributed by atoms with E-state index in [0.717, 1.165) is 36.3 Å².